The number of carbonyl (C=O) groups is 1. The molecule has 96 valence electrons. The summed E-state index contributed by atoms with van der Waals surface area (Å²) in [7, 11) is 0. The van der Waals surface area contributed by atoms with E-state index in [1.165, 1.54) is 6.20 Å². The number of hydrogen-bond acceptors (Lipinski definition) is 4. The third-order valence-electron chi connectivity index (χ3n) is 3.82. The van der Waals surface area contributed by atoms with Gasteiger partial charge in [0.05, 0.1) is 36.2 Å². The summed E-state index contributed by atoms with van der Waals surface area (Å²) in [6.07, 6.45) is 6.72. The van der Waals surface area contributed by atoms with Crippen LogP contribution in [0.15, 0.2) is 18.5 Å². The molecule has 0 bridgehead atoms. The molecule has 1 N–H and O–H groups in total. The first kappa shape index (κ1) is 11.5. The lowest BCUT2D eigenvalue weighted by molar-refractivity contribution is 0.0254. The molecule has 2 atom stereocenters. The van der Waals surface area contributed by atoms with Crippen LogP contribution >= 0.6 is 0 Å². The quantitative estimate of drug-likeness (QED) is 0.860. The zero-order chi connectivity index (χ0) is 12.5. The van der Waals surface area contributed by atoms with Crippen LogP contribution < -0.4 is 4.90 Å². The fourth-order valence-electron chi connectivity index (χ4n) is 3.02. The third-order valence-corrected chi connectivity index (χ3v) is 3.82. The van der Waals surface area contributed by atoms with Crippen molar-refractivity contribution in [2.24, 2.45) is 0 Å². The topological polar surface area (TPSA) is 62.7 Å². The van der Waals surface area contributed by atoms with E-state index in [9.17, 15) is 9.90 Å². The summed E-state index contributed by atoms with van der Waals surface area (Å²) in [6, 6.07) is 1.87. The van der Waals surface area contributed by atoms with Gasteiger partial charge in [-0.15, -0.1) is 0 Å². The monoisotopic (exact) mass is 248 g/mol. The highest BCUT2D eigenvalue weighted by molar-refractivity contribution is 5.94. The summed E-state index contributed by atoms with van der Waals surface area (Å²) in [5, 5.41) is 9.25. The van der Waals surface area contributed by atoms with E-state index in [2.05, 4.69) is 9.88 Å². The highest BCUT2D eigenvalue weighted by Crippen LogP contribution is 2.34. The van der Waals surface area contributed by atoms with Crippen molar-refractivity contribution in [3.63, 3.8) is 0 Å². The van der Waals surface area contributed by atoms with Crippen LogP contribution in [0.3, 0.4) is 0 Å². The molecule has 1 aliphatic carbocycles. The number of carboxylic acid groups (broad SMARTS) is 1. The van der Waals surface area contributed by atoms with Crippen LogP contribution in [0.2, 0.25) is 0 Å². The van der Waals surface area contributed by atoms with Crippen LogP contribution in [0.5, 0.6) is 0 Å². The molecule has 1 aromatic heterocycles. The van der Waals surface area contributed by atoms with Gasteiger partial charge in [0.25, 0.3) is 0 Å². The van der Waals surface area contributed by atoms with Gasteiger partial charge >= 0.3 is 5.97 Å². The Balaban J connectivity index is 1.96. The minimum Gasteiger partial charge on any atom is -0.478 e. The third kappa shape index (κ3) is 1.84. The number of nitrogens with zero attached hydrogens (tertiary/aromatic N) is 2. The Hall–Kier alpha value is -1.62. The van der Waals surface area contributed by atoms with Gasteiger partial charge in [0, 0.05) is 12.7 Å². The van der Waals surface area contributed by atoms with E-state index in [0.717, 1.165) is 31.5 Å². The predicted octanol–water partition coefficient (Wildman–Crippen LogP) is 1.54. The lowest BCUT2D eigenvalue weighted by atomic mass is 10.1. The molecule has 18 heavy (non-hydrogen) atoms. The van der Waals surface area contributed by atoms with Crippen molar-refractivity contribution in [3.05, 3.63) is 24.0 Å². The first-order valence-corrected chi connectivity index (χ1v) is 6.33. The van der Waals surface area contributed by atoms with Gasteiger partial charge in [-0.05, 0) is 25.3 Å². The first-order chi connectivity index (χ1) is 8.77. The zero-order valence-corrected chi connectivity index (χ0v) is 10.1. The molecule has 3 rings (SSSR count). The van der Waals surface area contributed by atoms with Gasteiger partial charge in [0.2, 0.25) is 0 Å². The molecule has 0 amide bonds. The van der Waals surface area contributed by atoms with E-state index < -0.39 is 5.97 Å². The average Bonchev–Trinajstić information content (AvgIpc) is 2.86. The summed E-state index contributed by atoms with van der Waals surface area (Å²) >= 11 is 0. The van der Waals surface area contributed by atoms with Crippen LogP contribution in [-0.4, -0.2) is 41.4 Å². The molecule has 2 fully saturated rings. The Morgan fingerprint density at radius 2 is 2.39 bits per heavy atom. The van der Waals surface area contributed by atoms with Crippen molar-refractivity contribution >= 4 is 11.7 Å². The summed E-state index contributed by atoms with van der Waals surface area (Å²) in [6.45, 7) is 1.41. The van der Waals surface area contributed by atoms with Gasteiger partial charge in [-0.25, -0.2) is 4.79 Å². The van der Waals surface area contributed by atoms with E-state index in [-0.39, 0.29) is 6.10 Å². The summed E-state index contributed by atoms with van der Waals surface area (Å²) in [5.74, 6) is -0.895. The van der Waals surface area contributed by atoms with Gasteiger partial charge in [0.15, 0.2) is 0 Å². The molecule has 0 spiro atoms. The van der Waals surface area contributed by atoms with E-state index in [0.29, 0.717) is 18.2 Å². The summed E-state index contributed by atoms with van der Waals surface area (Å²) in [4.78, 5) is 17.5. The molecule has 1 aromatic rings. The number of rotatable bonds is 2. The van der Waals surface area contributed by atoms with Gasteiger partial charge in [-0.3, -0.25) is 4.98 Å². The van der Waals surface area contributed by atoms with Crippen molar-refractivity contribution in [1.29, 1.82) is 0 Å². The summed E-state index contributed by atoms with van der Waals surface area (Å²) in [5.41, 5.74) is 1.06. The van der Waals surface area contributed by atoms with Gasteiger partial charge in [-0.2, -0.15) is 0 Å². The number of fused-ring (bicyclic) bond motifs is 1. The molecule has 0 radical (unpaired) electrons. The zero-order valence-electron chi connectivity index (χ0n) is 10.1. The lowest BCUT2D eigenvalue weighted by Crippen LogP contribution is -2.49. The molecule has 2 heterocycles. The minimum absolute atomic E-state index is 0.251. The summed E-state index contributed by atoms with van der Waals surface area (Å²) < 4.78 is 5.74. The molecule has 5 nitrogen and oxygen atoms in total. The van der Waals surface area contributed by atoms with E-state index >= 15 is 0 Å². The number of aromatic nitrogens is 1. The highest BCUT2D eigenvalue weighted by Gasteiger charge is 2.37. The highest BCUT2D eigenvalue weighted by atomic mass is 16.5. The number of aromatic carboxylic acids is 1. The molecule has 1 aliphatic heterocycles. The second-order valence-electron chi connectivity index (χ2n) is 4.80. The Bertz CT molecular complexity index is 463. The van der Waals surface area contributed by atoms with Gasteiger partial charge < -0.3 is 14.7 Å². The molecule has 5 heteroatoms. The second kappa shape index (κ2) is 4.57. The smallest absolute Gasteiger partial charge is 0.337 e. The molecular weight excluding hydrogens is 232 g/mol. The average molecular weight is 248 g/mol. The Labute approximate surface area is 105 Å². The lowest BCUT2D eigenvalue weighted by Gasteiger charge is -2.39. The molecule has 1 saturated heterocycles. The largest absolute Gasteiger partial charge is 0.478 e. The molecule has 2 unspecified atom stereocenters. The number of pyridine rings is 1. The van der Waals surface area contributed by atoms with E-state index in [4.69, 9.17) is 4.74 Å². The van der Waals surface area contributed by atoms with Gasteiger partial charge in [-0.1, -0.05) is 0 Å². The Morgan fingerprint density at radius 3 is 3.22 bits per heavy atom. The van der Waals surface area contributed by atoms with Crippen molar-refractivity contribution in [3.8, 4) is 0 Å². The standard InChI is InChI=1S/C13H16N2O3/c16-13(17)9-4-5-14-8-11(9)15-6-7-18-12-3-1-2-10(12)15/h4-5,8,10,12H,1-3,6-7H2,(H,16,17). The van der Waals surface area contributed by atoms with Crippen LogP contribution in [0.25, 0.3) is 0 Å². The predicted molar refractivity (Wildman–Crippen MR) is 65.9 cm³/mol. The van der Waals surface area contributed by atoms with Gasteiger partial charge in [0.1, 0.15) is 0 Å². The normalized spacial score (nSPS) is 27.0. The maximum Gasteiger partial charge on any atom is 0.337 e. The van der Waals surface area contributed by atoms with Crippen molar-refractivity contribution < 1.29 is 14.6 Å². The number of anilines is 1. The molecular formula is C13H16N2O3. The second-order valence-corrected chi connectivity index (χ2v) is 4.80. The van der Waals surface area contributed by atoms with Crippen molar-refractivity contribution in [1.82, 2.24) is 4.98 Å². The van der Waals surface area contributed by atoms with Crippen LogP contribution in [0.4, 0.5) is 5.69 Å². The van der Waals surface area contributed by atoms with Crippen molar-refractivity contribution in [2.75, 3.05) is 18.1 Å². The Morgan fingerprint density at radius 1 is 1.50 bits per heavy atom. The minimum atomic E-state index is -0.895. The number of morpholine rings is 1. The number of ether oxygens (including phenoxy) is 1. The number of carboxylic acids is 1. The van der Waals surface area contributed by atoms with E-state index in [1.54, 1.807) is 12.3 Å². The number of hydrogen-bond donors (Lipinski definition) is 1. The molecule has 2 aliphatic rings. The van der Waals surface area contributed by atoms with Crippen molar-refractivity contribution in [2.45, 2.75) is 31.4 Å². The maximum absolute atomic E-state index is 11.3. The van der Waals surface area contributed by atoms with Crippen LogP contribution in [0, 0.1) is 0 Å². The fourth-order valence-corrected chi connectivity index (χ4v) is 3.02. The molecule has 0 aromatic carbocycles. The van der Waals surface area contributed by atoms with Crippen LogP contribution in [0.1, 0.15) is 29.6 Å². The fraction of sp³-hybridized carbons (Fsp3) is 0.538. The first-order valence-electron chi connectivity index (χ1n) is 6.33. The van der Waals surface area contributed by atoms with E-state index in [1.807, 2.05) is 0 Å². The maximum atomic E-state index is 11.3. The Kier molecular flexibility index (Phi) is 2.91. The SMILES string of the molecule is O=C(O)c1ccncc1N1CCOC2CCCC21. The molecule has 1 saturated carbocycles. The van der Waals surface area contributed by atoms with Crippen LogP contribution in [-0.2, 0) is 4.74 Å².